The van der Waals surface area contributed by atoms with Crippen molar-refractivity contribution in [2.45, 2.75) is 52.9 Å². The van der Waals surface area contributed by atoms with Gasteiger partial charge in [-0.1, -0.05) is 39.8 Å². The Labute approximate surface area is 124 Å². The topological polar surface area (TPSA) is 9.23 Å². The van der Waals surface area contributed by atoms with Crippen molar-refractivity contribution in [1.82, 2.24) is 0 Å². The number of rotatable bonds is 7. The lowest BCUT2D eigenvalue weighted by Crippen LogP contribution is -2.17. The molecule has 0 radical (unpaired) electrons. The molecule has 19 heavy (non-hydrogen) atoms. The first kappa shape index (κ1) is 16.4. The van der Waals surface area contributed by atoms with Crippen molar-refractivity contribution in [3.05, 3.63) is 29.8 Å². The lowest BCUT2D eigenvalue weighted by molar-refractivity contribution is 0.305. The van der Waals surface area contributed by atoms with Gasteiger partial charge >= 0.3 is 0 Å². The monoisotopic (exact) mass is 280 g/mol. The van der Waals surface area contributed by atoms with Gasteiger partial charge in [0.15, 0.2) is 0 Å². The Morgan fingerprint density at radius 2 is 1.74 bits per heavy atom. The van der Waals surface area contributed by atoms with Crippen molar-refractivity contribution in [3.8, 4) is 5.75 Å². The van der Waals surface area contributed by atoms with Gasteiger partial charge < -0.3 is 4.74 Å². The average molecular weight is 280 g/mol. The average Bonchev–Trinajstić information content (AvgIpc) is 2.35. The molecular formula is C17H28OS. The molecule has 108 valence electrons. The molecule has 0 N–H and O–H groups in total. The highest BCUT2D eigenvalue weighted by atomic mass is 32.1. The molecule has 0 bridgehead atoms. The van der Waals surface area contributed by atoms with Gasteiger partial charge in [-0.3, -0.25) is 0 Å². The Morgan fingerprint density at radius 3 is 2.21 bits per heavy atom. The minimum atomic E-state index is 0.309. The summed E-state index contributed by atoms with van der Waals surface area (Å²) in [6, 6.07) is 8.63. The predicted molar refractivity (Wildman–Crippen MR) is 87.5 cm³/mol. The largest absolute Gasteiger partial charge is 0.494 e. The minimum Gasteiger partial charge on any atom is -0.494 e. The van der Waals surface area contributed by atoms with Crippen LogP contribution in [0.4, 0.5) is 0 Å². The summed E-state index contributed by atoms with van der Waals surface area (Å²) in [5, 5.41) is 0. The second-order valence-electron chi connectivity index (χ2n) is 6.18. The number of unbranched alkanes of at least 4 members (excludes halogenated alkanes) is 1. The van der Waals surface area contributed by atoms with E-state index in [0.717, 1.165) is 31.0 Å². The molecule has 1 atom stereocenters. The molecule has 1 aromatic carbocycles. The number of benzene rings is 1. The molecule has 0 aliphatic rings. The van der Waals surface area contributed by atoms with E-state index in [1.54, 1.807) is 0 Å². The molecule has 0 heterocycles. The molecule has 0 aromatic heterocycles. The van der Waals surface area contributed by atoms with Crippen LogP contribution in [0.5, 0.6) is 5.75 Å². The number of ether oxygens (including phenoxy) is 1. The predicted octanol–water partition coefficient (Wildman–Crippen LogP) is 5.32. The van der Waals surface area contributed by atoms with Crippen LogP contribution >= 0.6 is 12.6 Å². The summed E-state index contributed by atoms with van der Waals surface area (Å²) in [6.45, 7) is 9.98. The Kier molecular flexibility index (Phi) is 6.78. The van der Waals surface area contributed by atoms with Gasteiger partial charge in [0, 0.05) is 0 Å². The first-order valence-corrected chi connectivity index (χ1v) is 7.96. The summed E-state index contributed by atoms with van der Waals surface area (Å²) in [6.07, 6.45) is 3.36. The maximum atomic E-state index is 5.73. The third-order valence-electron chi connectivity index (χ3n) is 3.56. The van der Waals surface area contributed by atoms with E-state index in [-0.39, 0.29) is 0 Å². The smallest absolute Gasteiger partial charge is 0.119 e. The summed E-state index contributed by atoms with van der Waals surface area (Å²) < 4.78 is 5.73. The quantitative estimate of drug-likeness (QED) is 0.525. The third-order valence-corrected chi connectivity index (χ3v) is 3.87. The van der Waals surface area contributed by atoms with Gasteiger partial charge in [0.25, 0.3) is 0 Å². The summed E-state index contributed by atoms with van der Waals surface area (Å²) in [5.41, 5.74) is 1.72. The molecule has 2 heteroatoms. The first-order chi connectivity index (χ1) is 8.99. The molecule has 1 nitrogen and oxygen atoms in total. The van der Waals surface area contributed by atoms with E-state index >= 15 is 0 Å². The van der Waals surface area contributed by atoms with E-state index in [0.29, 0.717) is 11.3 Å². The number of thiol groups is 1. The zero-order chi connectivity index (χ0) is 14.3. The van der Waals surface area contributed by atoms with Gasteiger partial charge in [0.1, 0.15) is 5.75 Å². The van der Waals surface area contributed by atoms with Crippen LogP contribution in [0.1, 0.15) is 58.4 Å². The highest BCUT2D eigenvalue weighted by molar-refractivity contribution is 7.80. The van der Waals surface area contributed by atoms with Crippen LogP contribution in [0.25, 0.3) is 0 Å². The zero-order valence-corrected chi connectivity index (χ0v) is 13.7. The molecule has 0 spiro atoms. The van der Waals surface area contributed by atoms with Gasteiger partial charge in [0.2, 0.25) is 0 Å². The second kappa shape index (κ2) is 7.84. The lowest BCUT2D eigenvalue weighted by Gasteiger charge is -2.30. The van der Waals surface area contributed by atoms with Crippen LogP contribution in [-0.4, -0.2) is 12.4 Å². The minimum absolute atomic E-state index is 0.309. The summed E-state index contributed by atoms with van der Waals surface area (Å²) in [5.74, 6) is 2.52. The van der Waals surface area contributed by atoms with Gasteiger partial charge in [-0.25, -0.2) is 0 Å². The van der Waals surface area contributed by atoms with Crippen molar-refractivity contribution >= 4 is 12.6 Å². The highest BCUT2D eigenvalue weighted by Crippen LogP contribution is 2.37. The maximum Gasteiger partial charge on any atom is 0.119 e. The van der Waals surface area contributed by atoms with Gasteiger partial charge in [0.05, 0.1) is 6.61 Å². The van der Waals surface area contributed by atoms with Crippen molar-refractivity contribution < 1.29 is 4.74 Å². The fourth-order valence-corrected chi connectivity index (χ4v) is 2.77. The van der Waals surface area contributed by atoms with Crippen molar-refractivity contribution in [2.24, 2.45) is 5.41 Å². The van der Waals surface area contributed by atoms with Gasteiger partial charge in [-0.15, -0.1) is 0 Å². The third kappa shape index (κ3) is 5.48. The van der Waals surface area contributed by atoms with Crippen molar-refractivity contribution in [3.63, 3.8) is 0 Å². The molecule has 1 aromatic rings. The summed E-state index contributed by atoms with van der Waals surface area (Å²) in [4.78, 5) is 0. The molecule has 0 amide bonds. The fourth-order valence-electron chi connectivity index (χ4n) is 2.55. The second-order valence-corrected chi connectivity index (χ2v) is 6.62. The molecule has 1 unspecified atom stereocenters. The molecule has 0 fully saturated rings. The van der Waals surface area contributed by atoms with E-state index in [1.165, 1.54) is 12.0 Å². The first-order valence-electron chi connectivity index (χ1n) is 7.32. The van der Waals surface area contributed by atoms with Crippen LogP contribution in [0.3, 0.4) is 0 Å². The molecular weight excluding hydrogens is 252 g/mol. The highest BCUT2D eigenvalue weighted by Gasteiger charge is 2.24. The van der Waals surface area contributed by atoms with Crippen molar-refractivity contribution in [2.75, 3.05) is 12.4 Å². The van der Waals surface area contributed by atoms with Crippen LogP contribution in [0.15, 0.2) is 24.3 Å². The van der Waals surface area contributed by atoms with E-state index in [1.807, 2.05) is 0 Å². The van der Waals surface area contributed by atoms with E-state index in [4.69, 9.17) is 4.74 Å². The Morgan fingerprint density at radius 1 is 1.11 bits per heavy atom. The maximum absolute atomic E-state index is 5.73. The molecule has 0 aliphatic carbocycles. The lowest BCUT2D eigenvalue weighted by atomic mass is 9.75. The zero-order valence-electron chi connectivity index (χ0n) is 12.8. The van der Waals surface area contributed by atoms with Crippen LogP contribution in [-0.2, 0) is 0 Å². The van der Waals surface area contributed by atoms with Crippen LogP contribution < -0.4 is 4.74 Å². The Bertz CT molecular complexity index is 351. The van der Waals surface area contributed by atoms with Gasteiger partial charge in [-0.2, -0.15) is 12.6 Å². The summed E-state index contributed by atoms with van der Waals surface area (Å²) in [7, 11) is 0. The van der Waals surface area contributed by atoms with Gasteiger partial charge in [-0.05, 0) is 54.0 Å². The number of hydrogen-bond donors (Lipinski definition) is 1. The van der Waals surface area contributed by atoms with E-state index in [2.05, 4.69) is 64.6 Å². The molecule has 0 aliphatic heterocycles. The number of hydrogen-bond acceptors (Lipinski definition) is 2. The van der Waals surface area contributed by atoms with E-state index in [9.17, 15) is 0 Å². The Hall–Kier alpha value is -0.630. The van der Waals surface area contributed by atoms with E-state index < -0.39 is 0 Å². The fraction of sp³-hybridized carbons (Fsp3) is 0.647. The van der Waals surface area contributed by atoms with Crippen LogP contribution in [0.2, 0.25) is 0 Å². The standard InChI is InChI=1S/C17H28OS/c1-5-16(17(2,3)4)14-8-10-15(11-9-14)18-12-6-7-13-19/h8-11,16,19H,5-7,12-13H2,1-4H3. The molecule has 1 rings (SSSR count). The molecule has 0 saturated heterocycles. The Balaban J connectivity index is 2.60. The summed E-state index contributed by atoms with van der Waals surface area (Å²) >= 11 is 4.20. The normalized spacial score (nSPS) is 13.3. The van der Waals surface area contributed by atoms with Crippen molar-refractivity contribution in [1.29, 1.82) is 0 Å². The SMILES string of the molecule is CCC(c1ccc(OCCCCS)cc1)C(C)(C)C. The van der Waals surface area contributed by atoms with Crippen LogP contribution in [0, 0.1) is 5.41 Å². The molecule has 0 saturated carbocycles.